The van der Waals surface area contributed by atoms with Gasteiger partial charge in [0.25, 0.3) is 0 Å². The fourth-order valence-corrected chi connectivity index (χ4v) is 3.19. The second-order valence-electron chi connectivity index (χ2n) is 6.18. The monoisotopic (exact) mass is 227 g/mol. The van der Waals surface area contributed by atoms with Crippen LogP contribution in [0.5, 0.6) is 0 Å². The Morgan fingerprint density at radius 3 is 2.62 bits per heavy atom. The summed E-state index contributed by atoms with van der Waals surface area (Å²) in [7, 11) is 1.77. The van der Waals surface area contributed by atoms with Gasteiger partial charge in [0.1, 0.15) is 0 Å². The molecule has 2 nitrogen and oxygen atoms in total. The summed E-state index contributed by atoms with van der Waals surface area (Å²) >= 11 is 0. The molecular formula is C14H29NO. The summed E-state index contributed by atoms with van der Waals surface area (Å²) < 4.78 is 5.26. The Kier molecular flexibility index (Phi) is 5.26. The van der Waals surface area contributed by atoms with Crippen molar-refractivity contribution in [2.75, 3.05) is 13.7 Å². The number of hydrogen-bond acceptors (Lipinski definition) is 2. The van der Waals surface area contributed by atoms with E-state index in [-0.39, 0.29) is 5.54 Å². The first kappa shape index (κ1) is 14.0. The molecule has 16 heavy (non-hydrogen) atoms. The van der Waals surface area contributed by atoms with E-state index in [1.54, 1.807) is 7.11 Å². The first-order chi connectivity index (χ1) is 7.48. The molecule has 3 atom stereocenters. The van der Waals surface area contributed by atoms with Crippen molar-refractivity contribution in [3.8, 4) is 0 Å². The molecule has 0 aromatic heterocycles. The lowest BCUT2D eigenvalue weighted by molar-refractivity contribution is 0.0764. The molecule has 1 aliphatic carbocycles. The van der Waals surface area contributed by atoms with Gasteiger partial charge in [0, 0.05) is 12.6 Å². The molecule has 0 aliphatic heterocycles. The highest BCUT2D eigenvalue weighted by atomic mass is 16.5. The number of methoxy groups -OCH3 is 1. The molecule has 0 spiro atoms. The lowest BCUT2D eigenvalue weighted by Gasteiger charge is -2.42. The van der Waals surface area contributed by atoms with Crippen molar-refractivity contribution in [1.29, 1.82) is 0 Å². The van der Waals surface area contributed by atoms with Crippen molar-refractivity contribution < 1.29 is 4.74 Å². The minimum atomic E-state index is 0.0216. The van der Waals surface area contributed by atoms with Gasteiger partial charge in [-0.15, -0.1) is 0 Å². The van der Waals surface area contributed by atoms with E-state index < -0.39 is 0 Å². The third-order valence-corrected chi connectivity index (χ3v) is 4.13. The van der Waals surface area contributed by atoms with Crippen LogP contribution in [-0.4, -0.2) is 19.3 Å². The normalized spacial score (nSPS) is 33.0. The maximum atomic E-state index is 6.57. The molecule has 0 amide bonds. The van der Waals surface area contributed by atoms with E-state index in [1.165, 1.54) is 32.1 Å². The van der Waals surface area contributed by atoms with Crippen molar-refractivity contribution in [3.63, 3.8) is 0 Å². The number of ether oxygens (including phenoxy) is 1. The maximum absolute atomic E-state index is 6.57. The van der Waals surface area contributed by atoms with Crippen LogP contribution >= 0.6 is 0 Å². The lowest BCUT2D eigenvalue weighted by atomic mass is 9.68. The summed E-state index contributed by atoms with van der Waals surface area (Å²) in [6, 6.07) is 0. The van der Waals surface area contributed by atoms with E-state index >= 15 is 0 Å². The topological polar surface area (TPSA) is 35.2 Å². The summed E-state index contributed by atoms with van der Waals surface area (Å²) in [5, 5.41) is 0. The Morgan fingerprint density at radius 1 is 1.38 bits per heavy atom. The Balaban J connectivity index is 2.53. The van der Waals surface area contributed by atoms with Gasteiger partial charge in [-0.05, 0) is 37.0 Å². The number of hydrogen-bond donors (Lipinski definition) is 1. The molecule has 0 aromatic carbocycles. The van der Waals surface area contributed by atoms with E-state index in [0.29, 0.717) is 5.92 Å². The highest BCUT2D eigenvalue weighted by Gasteiger charge is 2.37. The molecule has 1 fully saturated rings. The van der Waals surface area contributed by atoms with Crippen LogP contribution in [0.4, 0.5) is 0 Å². The minimum Gasteiger partial charge on any atom is -0.384 e. The summed E-state index contributed by atoms with van der Waals surface area (Å²) in [6.07, 6.45) is 6.36. The lowest BCUT2D eigenvalue weighted by Crippen LogP contribution is -2.51. The van der Waals surface area contributed by atoms with E-state index in [1.807, 2.05) is 0 Å². The molecule has 3 unspecified atom stereocenters. The SMILES string of the molecule is COCC(C)C1(N)CCCC(CC(C)C)C1. The van der Waals surface area contributed by atoms with Gasteiger partial charge in [-0.3, -0.25) is 0 Å². The molecule has 96 valence electrons. The predicted molar refractivity (Wildman–Crippen MR) is 69.4 cm³/mol. The Hall–Kier alpha value is -0.0800. The summed E-state index contributed by atoms with van der Waals surface area (Å²) in [5.41, 5.74) is 6.60. The average Bonchev–Trinajstić information content (AvgIpc) is 2.17. The molecule has 1 aliphatic rings. The van der Waals surface area contributed by atoms with Crippen LogP contribution < -0.4 is 5.73 Å². The highest BCUT2D eigenvalue weighted by Crippen LogP contribution is 2.38. The summed E-state index contributed by atoms with van der Waals surface area (Å²) in [6.45, 7) is 7.66. The molecule has 0 aromatic rings. The molecule has 0 radical (unpaired) electrons. The van der Waals surface area contributed by atoms with Gasteiger partial charge >= 0.3 is 0 Å². The van der Waals surface area contributed by atoms with E-state index in [0.717, 1.165) is 18.4 Å². The fourth-order valence-electron chi connectivity index (χ4n) is 3.19. The van der Waals surface area contributed by atoms with Crippen molar-refractivity contribution in [1.82, 2.24) is 0 Å². The van der Waals surface area contributed by atoms with Gasteiger partial charge in [0.05, 0.1) is 6.61 Å². The predicted octanol–water partition coefficient (Wildman–Crippen LogP) is 3.20. The molecule has 2 heteroatoms. The van der Waals surface area contributed by atoms with E-state index in [9.17, 15) is 0 Å². The van der Waals surface area contributed by atoms with Gasteiger partial charge in [-0.2, -0.15) is 0 Å². The average molecular weight is 227 g/mol. The molecule has 1 saturated carbocycles. The zero-order valence-corrected chi connectivity index (χ0v) is 11.5. The molecule has 0 heterocycles. The second kappa shape index (κ2) is 6.02. The van der Waals surface area contributed by atoms with Gasteiger partial charge in [-0.25, -0.2) is 0 Å². The first-order valence-corrected chi connectivity index (χ1v) is 6.75. The Bertz CT molecular complexity index is 205. The Morgan fingerprint density at radius 2 is 2.06 bits per heavy atom. The van der Waals surface area contributed by atoms with Crippen LogP contribution in [0.2, 0.25) is 0 Å². The molecule has 0 saturated heterocycles. The molecule has 1 rings (SSSR count). The first-order valence-electron chi connectivity index (χ1n) is 6.75. The van der Waals surface area contributed by atoms with Gasteiger partial charge < -0.3 is 10.5 Å². The molecular weight excluding hydrogens is 198 g/mol. The third kappa shape index (κ3) is 3.74. The standard InChI is InChI=1S/C14H29NO/c1-11(2)8-13-6-5-7-14(15,9-13)12(3)10-16-4/h11-13H,5-10,15H2,1-4H3. The number of rotatable bonds is 5. The zero-order chi connectivity index (χ0) is 12.2. The van der Waals surface area contributed by atoms with Crippen molar-refractivity contribution in [3.05, 3.63) is 0 Å². The van der Waals surface area contributed by atoms with Crippen molar-refractivity contribution in [2.45, 2.75) is 58.4 Å². The Labute approximate surface area is 101 Å². The largest absolute Gasteiger partial charge is 0.384 e. The van der Waals surface area contributed by atoms with Gasteiger partial charge in [-0.1, -0.05) is 33.6 Å². The molecule has 2 N–H and O–H groups in total. The van der Waals surface area contributed by atoms with Gasteiger partial charge in [0.15, 0.2) is 0 Å². The van der Waals surface area contributed by atoms with Crippen LogP contribution in [0, 0.1) is 17.8 Å². The minimum absolute atomic E-state index is 0.0216. The highest BCUT2D eigenvalue weighted by molar-refractivity contribution is 4.94. The fraction of sp³-hybridized carbons (Fsp3) is 1.00. The van der Waals surface area contributed by atoms with Crippen LogP contribution in [0.3, 0.4) is 0 Å². The van der Waals surface area contributed by atoms with Crippen molar-refractivity contribution in [2.24, 2.45) is 23.5 Å². The summed E-state index contributed by atoms with van der Waals surface area (Å²) in [4.78, 5) is 0. The van der Waals surface area contributed by atoms with Crippen LogP contribution in [0.25, 0.3) is 0 Å². The third-order valence-electron chi connectivity index (χ3n) is 4.13. The van der Waals surface area contributed by atoms with Crippen LogP contribution in [0.1, 0.15) is 52.9 Å². The zero-order valence-electron chi connectivity index (χ0n) is 11.5. The smallest absolute Gasteiger partial charge is 0.0505 e. The van der Waals surface area contributed by atoms with E-state index in [4.69, 9.17) is 10.5 Å². The summed E-state index contributed by atoms with van der Waals surface area (Å²) in [5.74, 6) is 2.11. The number of nitrogens with two attached hydrogens (primary N) is 1. The molecule has 0 bridgehead atoms. The van der Waals surface area contributed by atoms with E-state index in [2.05, 4.69) is 20.8 Å². The van der Waals surface area contributed by atoms with Gasteiger partial charge in [0.2, 0.25) is 0 Å². The second-order valence-corrected chi connectivity index (χ2v) is 6.18. The van der Waals surface area contributed by atoms with Crippen molar-refractivity contribution >= 4 is 0 Å². The quantitative estimate of drug-likeness (QED) is 0.783. The maximum Gasteiger partial charge on any atom is 0.0505 e. The van der Waals surface area contributed by atoms with Crippen LogP contribution in [-0.2, 0) is 4.74 Å². The van der Waals surface area contributed by atoms with Crippen LogP contribution in [0.15, 0.2) is 0 Å².